The number of fused-ring (bicyclic) bond motifs is 1. The third kappa shape index (κ3) is 1.92. The number of benzene rings is 1. The molecule has 0 aromatic heterocycles. The highest BCUT2D eigenvalue weighted by atomic mass is 32.2. The molecule has 0 spiro atoms. The van der Waals surface area contributed by atoms with Crippen molar-refractivity contribution in [2.75, 3.05) is 11.9 Å². The number of rotatable bonds is 0. The van der Waals surface area contributed by atoms with Crippen LogP contribution in [0.2, 0.25) is 0 Å². The molecule has 1 aliphatic rings. The molecule has 0 saturated carbocycles. The molecule has 17 heavy (non-hydrogen) atoms. The second-order valence-corrected chi connectivity index (χ2v) is 7.49. The summed E-state index contributed by atoms with van der Waals surface area (Å²) in [7, 11) is -3.47. The van der Waals surface area contributed by atoms with Gasteiger partial charge in [0.05, 0.1) is 15.8 Å². The molecule has 1 unspecified atom stereocenters. The van der Waals surface area contributed by atoms with E-state index in [1.165, 1.54) is 18.2 Å². The van der Waals surface area contributed by atoms with Crippen LogP contribution in [0.3, 0.4) is 0 Å². The molecule has 94 valence electrons. The standard InChI is InChI=1S/C12H16FNO2S/c1-12(2,3)10-7-14-11-8(13)5-4-6-9(11)17(10,15)16/h4-6,10,14H,7H2,1-3H3. The Morgan fingerprint density at radius 3 is 2.59 bits per heavy atom. The summed E-state index contributed by atoms with van der Waals surface area (Å²) in [5.41, 5.74) is -0.274. The van der Waals surface area contributed by atoms with Crippen LogP contribution in [0.5, 0.6) is 0 Å². The molecule has 0 radical (unpaired) electrons. The second-order valence-electron chi connectivity index (χ2n) is 5.39. The number of para-hydroxylation sites is 1. The minimum atomic E-state index is -3.47. The van der Waals surface area contributed by atoms with Gasteiger partial charge >= 0.3 is 0 Å². The van der Waals surface area contributed by atoms with Gasteiger partial charge in [-0.2, -0.15) is 0 Å². The summed E-state index contributed by atoms with van der Waals surface area (Å²) in [6.07, 6.45) is 0. The summed E-state index contributed by atoms with van der Waals surface area (Å²) >= 11 is 0. The summed E-state index contributed by atoms with van der Waals surface area (Å²) in [4.78, 5) is 0.0728. The van der Waals surface area contributed by atoms with E-state index in [2.05, 4.69) is 5.32 Å². The van der Waals surface area contributed by atoms with E-state index in [4.69, 9.17) is 0 Å². The molecule has 3 nitrogen and oxygen atoms in total. The monoisotopic (exact) mass is 257 g/mol. The van der Waals surface area contributed by atoms with Gasteiger partial charge < -0.3 is 5.32 Å². The number of hydrogen-bond acceptors (Lipinski definition) is 3. The Balaban J connectivity index is 2.62. The van der Waals surface area contributed by atoms with E-state index in [0.717, 1.165) is 0 Å². The maximum Gasteiger partial charge on any atom is 0.185 e. The van der Waals surface area contributed by atoms with Crippen LogP contribution in [0.15, 0.2) is 23.1 Å². The lowest BCUT2D eigenvalue weighted by molar-refractivity contribution is 0.381. The minimum Gasteiger partial charge on any atom is -0.380 e. The van der Waals surface area contributed by atoms with Crippen molar-refractivity contribution in [1.29, 1.82) is 0 Å². The van der Waals surface area contributed by atoms with E-state index in [1.807, 2.05) is 20.8 Å². The van der Waals surface area contributed by atoms with Crippen LogP contribution in [0, 0.1) is 11.2 Å². The van der Waals surface area contributed by atoms with Crippen LogP contribution in [0.4, 0.5) is 10.1 Å². The molecule has 0 amide bonds. The van der Waals surface area contributed by atoms with Gasteiger partial charge in [-0.25, -0.2) is 12.8 Å². The Morgan fingerprint density at radius 2 is 2.00 bits per heavy atom. The van der Waals surface area contributed by atoms with E-state index in [1.54, 1.807) is 0 Å². The fourth-order valence-corrected chi connectivity index (χ4v) is 4.40. The summed E-state index contributed by atoms with van der Waals surface area (Å²) < 4.78 is 38.3. The highest BCUT2D eigenvalue weighted by Crippen LogP contribution is 2.38. The molecular weight excluding hydrogens is 241 g/mol. The van der Waals surface area contributed by atoms with Crippen molar-refractivity contribution in [3.8, 4) is 0 Å². The molecule has 5 heteroatoms. The number of hydrogen-bond donors (Lipinski definition) is 1. The summed E-state index contributed by atoms with van der Waals surface area (Å²) in [6.45, 7) is 5.88. The van der Waals surface area contributed by atoms with Gasteiger partial charge in [0.25, 0.3) is 0 Å². The lowest BCUT2D eigenvalue weighted by Gasteiger charge is -2.35. The van der Waals surface area contributed by atoms with Crippen molar-refractivity contribution >= 4 is 15.5 Å². The van der Waals surface area contributed by atoms with Crippen molar-refractivity contribution in [1.82, 2.24) is 0 Å². The van der Waals surface area contributed by atoms with Crippen LogP contribution in [-0.2, 0) is 9.84 Å². The predicted molar refractivity (Wildman–Crippen MR) is 65.3 cm³/mol. The van der Waals surface area contributed by atoms with Gasteiger partial charge in [-0.05, 0) is 17.5 Å². The van der Waals surface area contributed by atoms with Gasteiger partial charge in [0, 0.05) is 6.54 Å². The molecule has 0 saturated heterocycles. The predicted octanol–water partition coefficient (Wildman–Crippen LogP) is 2.44. The number of nitrogens with one attached hydrogen (secondary N) is 1. The Morgan fingerprint density at radius 1 is 1.35 bits per heavy atom. The molecule has 1 aromatic rings. The normalized spacial score (nSPS) is 22.7. The molecule has 1 aliphatic heterocycles. The maximum atomic E-state index is 13.5. The lowest BCUT2D eigenvalue weighted by Crippen LogP contribution is -2.43. The highest BCUT2D eigenvalue weighted by molar-refractivity contribution is 7.92. The smallest absolute Gasteiger partial charge is 0.185 e. The summed E-state index contributed by atoms with van der Waals surface area (Å²) in [6, 6.07) is 4.15. The third-order valence-electron chi connectivity index (χ3n) is 3.09. The van der Waals surface area contributed by atoms with Crippen LogP contribution >= 0.6 is 0 Å². The van der Waals surface area contributed by atoms with Crippen molar-refractivity contribution in [2.45, 2.75) is 30.9 Å². The van der Waals surface area contributed by atoms with E-state index in [9.17, 15) is 12.8 Å². The van der Waals surface area contributed by atoms with Crippen molar-refractivity contribution < 1.29 is 12.8 Å². The van der Waals surface area contributed by atoms with E-state index in [0.29, 0.717) is 0 Å². The first-order valence-corrected chi connectivity index (χ1v) is 7.05. The zero-order valence-corrected chi connectivity index (χ0v) is 10.9. The van der Waals surface area contributed by atoms with Crippen LogP contribution < -0.4 is 5.32 Å². The Kier molecular flexibility index (Phi) is 2.69. The number of halogens is 1. The molecule has 0 fully saturated rings. The molecule has 0 aliphatic carbocycles. The zero-order valence-electron chi connectivity index (χ0n) is 10.1. The summed E-state index contributed by atoms with van der Waals surface area (Å²) in [5.74, 6) is -0.515. The van der Waals surface area contributed by atoms with Gasteiger partial charge in [-0.15, -0.1) is 0 Å². The molecule has 1 aromatic carbocycles. The average Bonchev–Trinajstić information content (AvgIpc) is 2.17. The van der Waals surface area contributed by atoms with E-state index in [-0.39, 0.29) is 22.5 Å². The molecule has 2 rings (SSSR count). The van der Waals surface area contributed by atoms with Gasteiger partial charge in [-0.1, -0.05) is 26.8 Å². The topological polar surface area (TPSA) is 46.2 Å². The van der Waals surface area contributed by atoms with Gasteiger partial charge in [0.15, 0.2) is 9.84 Å². The molecular formula is C12H16FNO2S. The average molecular weight is 257 g/mol. The van der Waals surface area contributed by atoms with E-state index < -0.39 is 20.9 Å². The molecule has 1 atom stereocenters. The number of sulfone groups is 1. The zero-order chi connectivity index (χ0) is 12.8. The second kappa shape index (κ2) is 3.70. The first kappa shape index (κ1) is 12.4. The summed E-state index contributed by atoms with van der Waals surface area (Å²) in [5, 5.41) is 2.35. The van der Waals surface area contributed by atoms with Crippen LogP contribution in [-0.4, -0.2) is 20.2 Å². The first-order chi connectivity index (χ1) is 7.74. The van der Waals surface area contributed by atoms with Crippen molar-refractivity contribution in [3.63, 3.8) is 0 Å². The van der Waals surface area contributed by atoms with Crippen LogP contribution in [0.1, 0.15) is 20.8 Å². The van der Waals surface area contributed by atoms with Crippen molar-refractivity contribution in [2.24, 2.45) is 5.41 Å². The van der Waals surface area contributed by atoms with Crippen LogP contribution in [0.25, 0.3) is 0 Å². The molecule has 0 bridgehead atoms. The first-order valence-electron chi connectivity index (χ1n) is 5.51. The Bertz CT molecular complexity index is 546. The Labute approximate surface area is 101 Å². The molecule has 1 heterocycles. The highest BCUT2D eigenvalue weighted by Gasteiger charge is 2.41. The van der Waals surface area contributed by atoms with Gasteiger partial charge in [-0.3, -0.25) is 0 Å². The maximum absolute atomic E-state index is 13.5. The van der Waals surface area contributed by atoms with Gasteiger partial charge in [0.2, 0.25) is 0 Å². The molecule has 1 N–H and O–H groups in total. The Hall–Kier alpha value is -1.10. The fourth-order valence-electron chi connectivity index (χ4n) is 2.14. The quantitative estimate of drug-likeness (QED) is 0.776. The third-order valence-corrected chi connectivity index (χ3v) is 5.66. The van der Waals surface area contributed by atoms with Gasteiger partial charge in [0.1, 0.15) is 5.82 Å². The van der Waals surface area contributed by atoms with E-state index >= 15 is 0 Å². The van der Waals surface area contributed by atoms with Crippen molar-refractivity contribution in [3.05, 3.63) is 24.0 Å². The SMILES string of the molecule is CC(C)(C)C1CNc2c(F)cccc2S1(=O)=O. The minimum absolute atomic E-state index is 0.0728. The largest absolute Gasteiger partial charge is 0.380 e. The lowest BCUT2D eigenvalue weighted by atomic mass is 9.91. The fraction of sp³-hybridized carbons (Fsp3) is 0.500. The number of anilines is 1.